The number of hydrogen-bond donors (Lipinski definition) is 2. The van der Waals surface area contributed by atoms with Crippen molar-refractivity contribution < 1.29 is 9.59 Å². The maximum atomic E-state index is 12.6. The molecule has 2 aromatic carbocycles. The molecule has 0 saturated heterocycles. The minimum Gasteiger partial charge on any atom is -0.345 e. The lowest BCUT2D eigenvalue weighted by Crippen LogP contribution is -2.25. The molecule has 3 aromatic rings. The fraction of sp³-hybridized carbons (Fsp3) is 0.273. The predicted octanol–water partition coefficient (Wildman–Crippen LogP) is 3.95. The maximum absolute atomic E-state index is 12.6. The summed E-state index contributed by atoms with van der Waals surface area (Å²) in [7, 11) is 0. The fourth-order valence-electron chi connectivity index (χ4n) is 3.51. The van der Waals surface area contributed by atoms with Gasteiger partial charge in [0.25, 0.3) is 11.8 Å². The Morgan fingerprint density at radius 2 is 1.77 bits per heavy atom. The molecule has 30 heavy (non-hydrogen) atoms. The van der Waals surface area contributed by atoms with E-state index in [1.807, 2.05) is 6.07 Å². The normalized spacial score (nSPS) is 13.2. The SMILES string of the molecule is O=C(NCc1nnc2n1CCCCC2)c1cccc(NC(=O)c2cccc(Br)c2)c1. The van der Waals surface area contributed by atoms with Crippen LogP contribution in [0.1, 0.15) is 51.6 Å². The van der Waals surface area contributed by atoms with Crippen LogP contribution in [0, 0.1) is 0 Å². The van der Waals surface area contributed by atoms with E-state index < -0.39 is 0 Å². The molecule has 2 amide bonds. The average molecular weight is 468 g/mol. The maximum Gasteiger partial charge on any atom is 0.255 e. The summed E-state index contributed by atoms with van der Waals surface area (Å²) < 4.78 is 2.94. The van der Waals surface area contributed by atoms with Gasteiger partial charge in [0.15, 0.2) is 5.82 Å². The number of benzene rings is 2. The summed E-state index contributed by atoms with van der Waals surface area (Å²) in [4.78, 5) is 25.1. The Morgan fingerprint density at radius 3 is 2.60 bits per heavy atom. The molecule has 7 nitrogen and oxygen atoms in total. The second-order valence-electron chi connectivity index (χ2n) is 7.22. The Kier molecular flexibility index (Phi) is 6.23. The summed E-state index contributed by atoms with van der Waals surface area (Å²) in [6.45, 7) is 1.21. The highest BCUT2D eigenvalue weighted by Crippen LogP contribution is 2.17. The van der Waals surface area contributed by atoms with E-state index in [0.29, 0.717) is 23.4 Å². The van der Waals surface area contributed by atoms with Crippen molar-refractivity contribution in [2.45, 2.75) is 38.8 Å². The zero-order chi connectivity index (χ0) is 20.9. The molecule has 154 valence electrons. The van der Waals surface area contributed by atoms with Crippen molar-refractivity contribution in [3.63, 3.8) is 0 Å². The van der Waals surface area contributed by atoms with Crippen molar-refractivity contribution >= 4 is 33.4 Å². The van der Waals surface area contributed by atoms with Crippen LogP contribution in [0.5, 0.6) is 0 Å². The van der Waals surface area contributed by atoms with E-state index in [9.17, 15) is 9.59 Å². The van der Waals surface area contributed by atoms with Crippen molar-refractivity contribution in [1.29, 1.82) is 0 Å². The molecule has 0 unspecified atom stereocenters. The summed E-state index contributed by atoms with van der Waals surface area (Å²) in [5, 5.41) is 14.2. The molecular weight excluding hydrogens is 446 g/mol. The van der Waals surface area contributed by atoms with Gasteiger partial charge in [0.05, 0.1) is 6.54 Å². The van der Waals surface area contributed by atoms with E-state index in [4.69, 9.17) is 0 Å². The first-order valence-electron chi connectivity index (χ1n) is 9.96. The molecule has 2 N–H and O–H groups in total. The fourth-order valence-corrected chi connectivity index (χ4v) is 3.91. The zero-order valence-corrected chi connectivity index (χ0v) is 18.0. The molecule has 0 atom stereocenters. The molecule has 0 saturated carbocycles. The Bertz CT molecular complexity index is 1080. The van der Waals surface area contributed by atoms with Gasteiger partial charge in [0, 0.05) is 34.3 Å². The predicted molar refractivity (Wildman–Crippen MR) is 117 cm³/mol. The third-order valence-corrected chi connectivity index (χ3v) is 5.56. The number of aromatic nitrogens is 3. The first-order valence-corrected chi connectivity index (χ1v) is 10.8. The molecule has 1 aromatic heterocycles. The van der Waals surface area contributed by atoms with Crippen molar-refractivity contribution in [2.75, 3.05) is 5.32 Å². The summed E-state index contributed by atoms with van der Waals surface area (Å²) in [6, 6.07) is 14.0. The molecular formula is C22H22BrN5O2. The van der Waals surface area contributed by atoms with E-state index in [2.05, 4.69) is 41.3 Å². The molecule has 1 aliphatic rings. The van der Waals surface area contributed by atoms with Crippen LogP contribution in [0.3, 0.4) is 0 Å². The van der Waals surface area contributed by atoms with Crippen molar-refractivity contribution in [2.24, 2.45) is 0 Å². The molecule has 0 radical (unpaired) electrons. The number of carbonyl (C=O) groups is 2. The highest BCUT2D eigenvalue weighted by Gasteiger charge is 2.16. The number of nitrogens with zero attached hydrogens (tertiary/aromatic N) is 3. The molecule has 1 aliphatic heterocycles. The summed E-state index contributed by atoms with van der Waals surface area (Å²) >= 11 is 3.36. The Morgan fingerprint density at radius 1 is 0.967 bits per heavy atom. The van der Waals surface area contributed by atoms with Gasteiger partial charge in [-0.1, -0.05) is 34.5 Å². The van der Waals surface area contributed by atoms with Gasteiger partial charge in [-0.15, -0.1) is 10.2 Å². The van der Waals surface area contributed by atoms with Crippen LogP contribution in [0.25, 0.3) is 0 Å². The lowest BCUT2D eigenvalue weighted by Gasteiger charge is -2.10. The average Bonchev–Trinajstić information content (AvgIpc) is 2.98. The lowest BCUT2D eigenvalue weighted by atomic mass is 10.1. The Hall–Kier alpha value is -3.00. The highest BCUT2D eigenvalue weighted by atomic mass is 79.9. The lowest BCUT2D eigenvalue weighted by molar-refractivity contribution is 0.0948. The van der Waals surface area contributed by atoms with Gasteiger partial charge >= 0.3 is 0 Å². The minimum absolute atomic E-state index is 0.223. The Labute approximate surface area is 183 Å². The number of carbonyl (C=O) groups excluding carboxylic acids is 2. The van der Waals surface area contributed by atoms with Crippen molar-refractivity contribution in [3.05, 3.63) is 75.8 Å². The number of hydrogen-bond acceptors (Lipinski definition) is 4. The van der Waals surface area contributed by atoms with E-state index in [-0.39, 0.29) is 11.8 Å². The number of rotatable bonds is 5. The van der Waals surface area contributed by atoms with E-state index >= 15 is 0 Å². The van der Waals surface area contributed by atoms with Gasteiger partial charge in [-0.05, 0) is 49.2 Å². The van der Waals surface area contributed by atoms with Crippen LogP contribution in [0.2, 0.25) is 0 Å². The molecule has 0 fully saturated rings. The third kappa shape index (κ3) is 4.76. The standard InChI is InChI=1S/C22H22BrN5O2/c23-17-8-4-6-15(12-17)22(30)25-18-9-5-7-16(13-18)21(29)24-14-20-27-26-19-10-2-1-3-11-28(19)20/h4-9,12-13H,1-3,10-11,14H2,(H,24,29)(H,25,30). The zero-order valence-electron chi connectivity index (χ0n) is 16.4. The Balaban J connectivity index is 1.40. The van der Waals surface area contributed by atoms with Crippen LogP contribution < -0.4 is 10.6 Å². The van der Waals surface area contributed by atoms with Gasteiger partial charge in [-0.2, -0.15) is 0 Å². The van der Waals surface area contributed by atoms with Crippen molar-refractivity contribution in [1.82, 2.24) is 20.1 Å². The van der Waals surface area contributed by atoms with Crippen molar-refractivity contribution in [3.8, 4) is 0 Å². The summed E-state index contributed by atoms with van der Waals surface area (Å²) in [5.74, 6) is 1.31. The monoisotopic (exact) mass is 467 g/mol. The van der Waals surface area contributed by atoms with E-state index in [1.54, 1.807) is 42.5 Å². The first-order chi connectivity index (χ1) is 14.6. The second kappa shape index (κ2) is 9.21. The highest BCUT2D eigenvalue weighted by molar-refractivity contribution is 9.10. The quantitative estimate of drug-likeness (QED) is 0.594. The van der Waals surface area contributed by atoms with Crippen LogP contribution >= 0.6 is 15.9 Å². The first kappa shape index (κ1) is 20.3. The van der Waals surface area contributed by atoms with Gasteiger partial charge in [0.1, 0.15) is 5.82 Å². The summed E-state index contributed by atoms with van der Waals surface area (Å²) in [5.41, 5.74) is 1.56. The largest absolute Gasteiger partial charge is 0.345 e. The van der Waals surface area contributed by atoms with Gasteiger partial charge in [-0.3, -0.25) is 9.59 Å². The molecule has 4 rings (SSSR count). The molecule has 0 bridgehead atoms. The number of amides is 2. The number of halogens is 1. The van der Waals surface area contributed by atoms with E-state index in [0.717, 1.165) is 41.9 Å². The van der Waals surface area contributed by atoms with Gasteiger partial charge in [-0.25, -0.2) is 0 Å². The molecule has 0 aliphatic carbocycles. The topological polar surface area (TPSA) is 88.9 Å². The van der Waals surface area contributed by atoms with Gasteiger partial charge < -0.3 is 15.2 Å². The minimum atomic E-state index is -0.236. The van der Waals surface area contributed by atoms with Crippen LogP contribution in [-0.4, -0.2) is 26.6 Å². The molecule has 0 spiro atoms. The third-order valence-electron chi connectivity index (χ3n) is 5.06. The number of fused-ring (bicyclic) bond motifs is 1. The number of anilines is 1. The number of nitrogens with one attached hydrogen (secondary N) is 2. The smallest absolute Gasteiger partial charge is 0.255 e. The van der Waals surface area contributed by atoms with Crippen LogP contribution in [0.15, 0.2) is 53.0 Å². The molecule has 8 heteroatoms. The second-order valence-corrected chi connectivity index (χ2v) is 8.14. The van der Waals surface area contributed by atoms with Gasteiger partial charge in [0.2, 0.25) is 0 Å². The van der Waals surface area contributed by atoms with Crippen LogP contribution in [-0.2, 0) is 19.5 Å². The molecule has 2 heterocycles. The van der Waals surface area contributed by atoms with E-state index in [1.165, 1.54) is 6.42 Å². The number of aryl methyl sites for hydroxylation is 1. The summed E-state index contributed by atoms with van der Waals surface area (Å²) in [6.07, 6.45) is 4.35. The van der Waals surface area contributed by atoms with Crippen LogP contribution in [0.4, 0.5) is 5.69 Å².